The van der Waals surface area contributed by atoms with Crippen molar-refractivity contribution in [2.24, 2.45) is 0 Å². The van der Waals surface area contributed by atoms with Crippen LogP contribution in [0.15, 0.2) is 30.3 Å². The molecule has 2 heterocycles. The summed E-state index contributed by atoms with van der Waals surface area (Å²) in [7, 11) is 0. The molecule has 7 heteroatoms. The van der Waals surface area contributed by atoms with Gasteiger partial charge in [0.05, 0.1) is 0 Å². The first-order valence-corrected chi connectivity index (χ1v) is 10.7. The quantitative estimate of drug-likeness (QED) is 0.175. The summed E-state index contributed by atoms with van der Waals surface area (Å²) in [6.45, 7) is 1.71. The van der Waals surface area contributed by atoms with Crippen LogP contribution in [0.25, 0.3) is 0 Å². The van der Waals surface area contributed by atoms with Gasteiger partial charge in [-0.1, -0.05) is 6.07 Å². The molecule has 5 N–H and O–H groups in total. The van der Waals surface area contributed by atoms with Crippen molar-refractivity contribution in [2.45, 2.75) is 44.1 Å². The van der Waals surface area contributed by atoms with Crippen LogP contribution in [0.3, 0.4) is 0 Å². The number of nitrogens with one attached hydrogen (secondary N) is 2. The van der Waals surface area contributed by atoms with E-state index >= 15 is 0 Å². The number of ether oxygens (including phenoxy) is 1. The topological polar surface area (TPSA) is 97.3 Å². The maximum atomic E-state index is 9.89. The van der Waals surface area contributed by atoms with Gasteiger partial charge in [0, 0.05) is 21.8 Å². The van der Waals surface area contributed by atoms with Crippen LogP contribution in [0, 0.1) is 3.57 Å². The molecule has 2 aromatic carbocycles. The number of aliphatic hydroxyl groups is 1. The average molecular weight is 496 g/mol. The van der Waals surface area contributed by atoms with Gasteiger partial charge in [-0.15, -0.1) is 0 Å². The average Bonchev–Trinajstić information content (AvgIpc) is 3.37. The first kappa shape index (κ1) is 19.8. The maximum absolute atomic E-state index is 9.89. The molecule has 0 saturated carbocycles. The second kappa shape index (κ2) is 8.44. The highest BCUT2D eigenvalue weighted by Crippen LogP contribution is 2.35. The molecule has 0 bridgehead atoms. The third-order valence-corrected chi connectivity index (χ3v) is 6.30. The van der Waals surface area contributed by atoms with E-state index in [-0.39, 0.29) is 23.6 Å². The fourth-order valence-electron chi connectivity index (χ4n) is 3.79. The van der Waals surface area contributed by atoms with E-state index in [1.165, 1.54) is 9.13 Å². The molecule has 0 aromatic heterocycles. The molecule has 1 saturated heterocycles. The first-order chi connectivity index (χ1) is 13.5. The molecule has 150 valence electrons. The fraction of sp³-hybridized carbons (Fsp3) is 0.429. The second-order valence-corrected chi connectivity index (χ2v) is 8.61. The van der Waals surface area contributed by atoms with Crippen LogP contribution < -0.4 is 10.6 Å². The van der Waals surface area contributed by atoms with Gasteiger partial charge in [0.15, 0.2) is 17.8 Å². The number of halogens is 1. The van der Waals surface area contributed by atoms with Gasteiger partial charge in [0.2, 0.25) is 0 Å². The minimum absolute atomic E-state index is 0.0236. The number of hydrogen-bond donors (Lipinski definition) is 5. The Labute approximate surface area is 178 Å². The van der Waals surface area contributed by atoms with Crippen molar-refractivity contribution < 1.29 is 20.1 Å². The number of phenols is 2. The van der Waals surface area contributed by atoms with Crippen molar-refractivity contribution in [3.63, 3.8) is 0 Å². The lowest BCUT2D eigenvalue weighted by molar-refractivity contribution is 0.156. The standard InChI is InChI=1S/C21H25IN2O4/c22-15-8-12(3-4-16(15)23-6-1-2-20-21(27)28-20)9-17-14-11-19(26)18(25)10-13(14)5-7-24-17/h3-4,8,10-11,17,20-21,23-27H,1-2,5-7,9H2/t17-,20?,21?/m0/s1. The van der Waals surface area contributed by atoms with Crippen molar-refractivity contribution in [3.05, 3.63) is 50.6 Å². The van der Waals surface area contributed by atoms with E-state index in [1.807, 2.05) is 0 Å². The molecule has 0 spiro atoms. The van der Waals surface area contributed by atoms with Crippen LogP contribution in [0.1, 0.15) is 35.6 Å². The Morgan fingerprint density at radius 3 is 2.71 bits per heavy atom. The molecule has 4 rings (SSSR count). The molecule has 0 radical (unpaired) electrons. The summed E-state index contributed by atoms with van der Waals surface area (Å²) < 4.78 is 6.18. The zero-order valence-electron chi connectivity index (χ0n) is 15.5. The molecule has 28 heavy (non-hydrogen) atoms. The monoisotopic (exact) mass is 496 g/mol. The largest absolute Gasteiger partial charge is 0.504 e. The van der Waals surface area contributed by atoms with Crippen molar-refractivity contribution >= 4 is 28.3 Å². The smallest absolute Gasteiger partial charge is 0.181 e. The lowest BCUT2D eigenvalue weighted by Crippen LogP contribution is -2.31. The predicted molar refractivity (Wildman–Crippen MR) is 116 cm³/mol. The molecule has 0 aliphatic carbocycles. The number of anilines is 1. The molecular formula is C21H25IN2O4. The number of phenolic OH excluding ortho intramolecular Hbond substituents is 2. The molecule has 6 nitrogen and oxygen atoms in total. The Hall–Kier alpha value is -1.55. The molecule has 2 aromatic rings. The number of epoxide rings is 1. The van der Waals surface area contributed by atoms with E-state index in [0.717, 1.165) is 55.6 Å². The maximum Gasteiger partial charge on any atom is 0.181 e. The normalized spacial score (nSPS) is 23.3. The third kappa shape index (κ3) is 4.53. The minimum Gasteiger partial charge on any atom is -0.504 e. The Morgan fingerprint density at radius 2 is 1.96 bits per heavy atom. The molecule has 2 unspecified atom stereocenters. The lowest BCUT2D eigenvalue weighted by atomic mass is 9.90. The zero-order chi connectivity index (χ0) is 19.7. The van der Waals surface area contributed by atoms with Gasteiger partial charge in [-0.2, -0.15) is 0 Å². The Kier molecular flexibility index (Phi) is 5.96. The zero-order valence-corrected chi connectivity index (χ0v) is 17.6. The van der Waals surface area contributed by atoms with Crippen LogP contribution in [0.4, 0.5) is 5.69 Å². The van der Waals surface area contributed by atoms with E-state index in [1.54, 1.807) is 12.1 Å². The van der Waals surface area contributed by atoms with E-state index in [4.69, 9.17) is 9.84 Å². The van der Waals surface area contributed by atoms with E-state index < -0.39 is 6.29 Å². The molecule has 2 aliphatic rings. The molecular weight excluding hydrogens is 471 g/mol. The SMILES string of the molecule is Oc1cc2c(cc1O)[C@H](Cc1ccc(NCCCC3OC3O)c(I)c1)NCC2. The van der Waals surface area contributed by atoms with E-state index in [0.29, 0.717) is 0 Å². The van der Waals surface area contributed by atoms with Gasteiger partial charge in [-0.05, 0) is 95.8 Å². The highest BCUT2D eigenvalue weighted by Gasteiger charge is 2.35. The van der Waals surface area contributed by atoms with Crippen molar-refractivity contribution in [1.82, 2.24) is 5.32 Å². The number of fused-ring (bicyclic) bond motifs is 1. The van der Waals surface area contributed by atoms with Crippen LogP contribution >= 0.6 is 22.6 Å². The summed E-state index contributed by atoms with van der Waals surface area (Å²) in [5.74, 6) is -0.113. The van der Waals surface area contributed by atoms with Crippen LogP contribution in [0.2, 0.25) is 0 Å². The highest BCUT2D eigenvalue weighted by molar-refractivity contribution is 14.1. The van der Waals surface area contributed by atoms with Gasteiger partial charge in [0.25, 0.3) is 0 Å². The van der Waals surface area contributed by atoms with Gasteiger partial charge in [-0.25, -0.2) is 0 Å². The number of hydrogen-bond acceptors (Lipinski definition) is 6. The predicted octanol–water partition coefficient (Wildman–Crippen LogP) is 3.04. The number of benzene rings is 2. The summed E-state index contributed by atoms with van der Waals surface area (Å²) in [5, 5.41) is 35.8. The minimum atomic E-state index is -0.552. The van der Waals surface area contributed by atoms with Crippen LogP contribution in [-0.2, 0) is 17.6 Å². The third-order valence-electron chi connectivity index (χ3n) is 5.41. The number of aliphatic hydroxyl groups excluding tert-OH is 1. The molecule has 0 amide bonds. The highest BCUT2D eigenvalue weighted by atomic mass is 127. The van der Waals surface area contributed by atoms with Crippen LogP contribution in [-0.4, -0.2) is 40.8 Å². The summed E-state index contributed by atoms with van der Waals surface area (Å²) in [4.78, 5) is 0. The summed E-state index contributed by atoms with van der Waals surface area (Å²) in [5.41, 5.74) is 4.49. The second-order valence-electron chi connectivity index (χ2n) is 7.45. The molecule has 1 fully saturated rings. The Bertz CT molecular complexity index is 861. The van der Waals surface area contributed by atoms with E-state index in [2.05, 4.69) is 51.4 Å². The fourth-order valence-corrected chi connectivity index (χ4v) is 4.56. The van der Waals surface area contributed by atoms with Crippen molar-refractivity contribution in [1.29, 1.82) is 0 Å². The van der Waals surface area contributed by atoms with Gasteiger partial charge >= 0.3 is 0 Å². The lowest BCUT2D eigenvalue weighted by Gasteiger charge is -2.27. The van der Waals surface area contributed by atoms with Crippen molar-refractivity contribution in [3.8, 4) is 11.5 Å². The summed E-state index contributed by atoms with van der Waals surface area (Å²) in [6.07, 6.45) is 2.98. The Balaban J connectivity index is 1.38. The van der Waals surface area contributed by atoms with E-state index in [9.17, 15) is 10.2 Å². The summed E-state index contributed by atoms with van der Waals surface area (Å²) >= 11 is 2.35. The van der Waals surface area contributed by atoms with Gasteiger partial charge in [-0.3, -0.25) is 0 Å². The van der Waals surface area contributed by atoms with Crippen molar-refractivity contribution in [2.75, 3.05) is 18.4 Å². The van der Waals surface area contributed by atoms with Crippen LogP contribution in [0.5, 0.6) is 11.5 Å². The Morgan fingerprint density at radius 1 is 1.18 bits per heavy atom. The number of rotatable bonds is 7. The number of aromatic hydroxyl groups is 2. The van der Waals surface area contributed by atoms with Gasteiger partial charge in [0.1, 0.15) is 6.10 Å². The molecule has 2 aliphatic heterocycles. The molecule has 3 atom stereocenters. The first-order valence-electron chi connectivity index (χ1n) is 9.65. The van der Waals surface area contributed by atoms with Gasteiger partial charge < -0.3 is 30.7 Å². The summed E-state index contributed by atoms with van der Waals surface area (Å²) in [6, 6.07) is 9.91.